The summed E-state index contributed by atoms with van der Waals surface area (Å²) in [6, 6.07) is 7.06. The van der Waals surface area contributed by atoms with Crippen LogP contribution in [-0.2, 0) is 11.2 Å². The van der Waals surface area contributed by atoms with Crippen LogP contribution < -0.4 is 10.6 Å². The molecule has 0 atom stereocenters. The summed E-state index contributed by atoms with van der Waals surface area (Å²) in [5, 5.41) is 5.52. The average molecular weight is 267 g/mol. The lowest BCUT2D eigenvalue weighted by atomic mass is 10.1. The molecule has 0 spiro atoms. The molecular weight excluding hydrogens is 254 g/mol. The van der Waals surface area contributed by atoms with E-state index in [-0.39, 0.29) is 11.8 Å². The topological polar surface area (TPSA) is 71.1 Å². The Morgan fingerprint density at radius 3 is 2.95 bits per heavy atom. The minimum atomic E-state index is -0.221. The maximum Gasteiger partial charge on any atom is 0.255 e. The monoisotopic (exact) mass is 267 g/mol. The summed E-state index contributed by atoms with van der Waals surface area (Å²) in [5.74, 6) is -0.262. The number of hydrogen-bond acceptors (Lipinski definition) is 3. The van der Waals surface area contributed by atoms with Gasteiger partial charge in [-0.25, -0.2) is 0 Å². The van der Waals surface area contributed by atoms with E-state index < -0.39 is 0 Å². The van der Waals surface area contributed by atoms with Crippen LogP contribution in [0.4, 0.5) is 11.4 Å². The molecule has 2 amide bonds. The van der Waals surface area contributed by atoms with E-state index in [2.05, 4.69) is 15.6 Å². The molecule has 1 aromatic carbocycles. The number of amides is 2. The predicted octanol–water partition coefficient (Wildman–Crippen LogP) is 2.14. The molecule has 0 saturated carbocycles. The number of nitrogens with zero attached hydrogens (tertiary/aromatic N) is 1. The summed E-state index contributed by atoms with van der Waals surface area (Å²) in [4.78, 5) is 27.5. The van der Waals surface area contributed by atoms with Crippen LogP contribution in [0.3, 0.4) is 0 Å². The second-order valence-electron chi connectivity index (χ2n) is 4.80. The first-order valence-corrected chi connectivity index (χ1v) is 6.27. The van der Waals surface area contributed by atoms with Crippen molar-refractivity contribution in [3.63, 3.8) is 0 Å². The van der Waals surface area contributed by atoms with E-state index in [4.69, 9.17) is 0 Å². The van der Waals surface area contributed by atoms with Gasteiger partial charge in [0.15, 0.2) is 0 Å². The molecule has 5 nitrogen and oxygen atoms in total. The molecular formula is C15H13N3O2. The van der Waals surface area contributed by atoms with Crippen LogP contribution in [-0.4, -0.2) is 16.8 Å². The zero-order valence-electron chi connectivity index (χ0n) is 10.9. The number of fused-ring (bicyclic) bond motifs is 1. The molecule has 2 heterocycles. The van der Waals surface area contributed by atoms with Gasteiger partial charge in [0, 0.05) is 17.4 Å². The Balaban J connectivity index is 1.81. The van der Waals surface area contributed by atoms with E-state index in [1.165, 1.54) is 0 Å². The van der Waals surface area contributed by atoms with E-state index in [9.17, 15) is 9.59 Å². The fourth-order valence-corrected chi connectivity index (χ4v) is 2.18. The molecule has 3 rings (SSSR count). The third-order valence-corrected chi connectivity index (χ3v) is 3.13. The lowest BCUT2D eigenvalue weighted by Crippen LogP contribution is -2.12. The highest BCUT2D eigenvalue weighted by Crippen LogP contribution is 2.24. The lowest BCUT2D eigenvalue weighted by Gasteiger charge is -2.07. The Hall–Kier alpha value is -2.69. The van der Waals surface area contributed by atoms with Crippen LogP contribution in [0.15, 0.2) is 36.7 Å². The van der Waals surface area contributed by atoms with Crippen LogP contribution in [0.5, 0.6) is 0 Å². The summed E-state index contributed by atoms with van der Waals surface area (Å²) < 4.78 is 0. The Morgan fingerprint density at radius 1 is 1.30 bits per heavy atom. The lowest BCUT2D eigenvalue weighted by molar-refractivity contribution is -0.115. The number of pyridine rings is 1. The minimum Gasteiger partial charge on any atom is -0.326 e. The molecule has 100 valence electrons. The smallest absolute Gasteiger partial charge is 0.255 e. The normalized spacial score (nSPS) is 12.8. The van der Waals surface area contributed by atoms with Crippen molar-refractivity contribution in [1.82, 2.24) is 4.98 Å². The number of benzene rings is 1. The molecule has 0 bridgehead atoms. The first kappa shape index (κ1) is 12.3. The van der Waals surface area contributed by atoms with Crippen molar-refractivity contribution in [3.8, 4) is 0 Å². The third-order valence-electron chi connectivity index (χ3n) is 3.13. The van der Waals surface area contributed by atoms with Gasteiger partial charge >= 0.3 is 0 Å². The van der Waals surface area contributed by atoms with Gasteiger partial charge in [-0.05, 0) is 36.2 Å². The second kappa shape index (κ2) is 4.77. The Morgan fingerprint density at radius 2 is 2.15 bits per heavy atom. The SMILES string of the molecule is Cc1cncc(NC(=O)c2ccc3c(c2)NC(=O)C3)c1. The zero-order chi connectivity index (χ0) is 14.1. The average Bonchev–Trinajstić information content (AvgIpc) is 2.77. The van der Waals surface area contributed by atoms with Crippen LogP contribution in [0.25, 0.3) is 0 Å². The molecule has 0 radical (unpaired) electrons. The molecule has 0 unspecified atom stereocenters. The van der Waals surface area contributed by atoms with Crippen LogP contribution in [0, 0.1) is 6.92 Å². The van der Waals surface area contributed by atoms with Gasteiger partial charge in [-0.3, -0.25) is 14.6 Å². The van der Waals surface area contributed by atoms with Crippen molar-refractivity contribution < 1.29 is 9.59 Å². The summed E-state index contributed by atoms with van der Waals surface area (Å²) in [7, 11) is 0. The van der Waals surface area contributed by atoms with Gasteiger partial charge in [0.05, 0.1) is 18.3 Å². The Kier molecular flexibility index (Phi) is 2.95. The van der Waals surface area contributed by atoms with Crippen molar-refractivity contribution in [2.75, 3.05) is 10.6 Å². The van der Waals surface area contributed by atoms with Crippen molar-refractivity contribution in [2.24, 2.45) is 0 Å². The second-order valence-corrected chi connectivity index (χ2v) is 4.80. The number of aryl methyl sites for hydroxylation is 1. The maximum absolute atomic E-state index is 12.2. The van der Waals surface area contributed by atoms with Gasteiger partial charge in [-0.15, -0.1) is 0 Å². The molecule has 20 heavy (non-hydrogen) atoms. The molecule has 0 saturated heterocycles. The summed E-state index contributed by atoms with van der Waals surface area (Å²) in [6.45, 7) is 1.91. The van der Waals surface area contributed by atoms with Crippen molar-refractivity contribution >= 4 is 23.2 Å². The number of nitrogens with one attached hydrogen (secondary N) is 2. The first-order valence-electron chi connectivity index (χ1n) is 6.27. The van der Waals surface area contributed by atoms with E-state index in [1.807, 2.05) is 13.0 Å². The quantitative estimate of drug-likeness (QED) is 0.875. The number of carbonyl (C=O) groups is 2. The standard InChI is InChI=1S/C15H13N3O2/c1-9-4-12(8-16-7-9)17-15(20)11-3-2-10-6-14(19)18-13(10)5-11/h2-5,7-8H,6H2,1H3,(H,17,20)(H,18,19). The van der Waals surface area contributed by atoms with Crippen molar-refractivity contribution in [1.29, 1.82) is 0 Å². The van der Waals surface area contributed by atoms with Gasteiger partial charge in [0.2, 0.25) is 5.91 Å². The highest BCUT2D eigenvalue weighted by Gasteiger charge is 2.19. The molecule has 2 N–H and O–H groups in total. The van der Waals surface area contributed by atoms with Crippen molar-refractivity contribution in [2.45, 2.75) is 13.3 Å². The van der Waals surface area contributed by atoms with E-state index in [0.29, 0.717) is 23.4 Å². The van der Waals surface area contributed by atoms with Crippen LogP contribution in [0.2, 0.25) is 0 Å². The zero-order valence-corrected chi connectivity index (χ0v) is 10.9. The predicted molar refractivity (Wildman–Crippen MR) is 75.7 cm³/mol. The summed E-state index contributed by atoms with van der Waals surface area (Å²) >= 11 is 0. The highest BCUT2D eigenvalue weighted by atomic mass is 16.2. The number of hydrogen-bond donors (Lipinski definition) is 2. The molecule has 5 heteroatoms. The number of anilines is 2. The van der Waals surface area contributed by atoms with E-state index in [0.717, 1.165) is 11.1 Å². The molecule has 0 aliphatic carbocycles. The van der Waals surface area contributed by atoms with Gasteiger partial charge in [-0.2, -0.15) is 0 Å². The Labute approximate surface area is 116 Å². The molecule has 1 aromatic heterocycles. The van der Waals surface area contributed by atoms with Gasteiger partial charge in [-0.1, -0.05) is 6.07 Å². The molecule has 1 aliphatic rings. The third kappa shape index (κ3) is 2.38. The first-order chi connectivity index (χ1) is 9.61. The molecule has 1 aliphatic heterocycles. The van der Waals surface area contributed by atoms with Crippen LogP contribution >= 0.6 is 0 Å². The summed E-state index contributed by atoms with van der Waals surface area (Å²) in [5.41, 5.74) is 3.77. The fourth-order valence-electron chi connectivity index (χ4n) is 2.18. The van der Waals surface area contributed by atoms with Gasteiger partial charge in [0.25, 0.3) is 5.91 Å². The largest absolute Gasteiger partial charge is 0.326 e. The maximum atomic E-state index is 12.2. The van der Waals surface area contributed by atoms with E-state index >= 15 is 0 Å². The number of rotatable bonds is 2. The Bertz CT molecular complexity index is 710. The molecule has 2 aromatic rings. The highest BCUT2D eigenvalue weighted by molar-refractivity contribution is 6.07. The molecule has 0 fully saturated rings. The number of aromatic nitrogens is 1. The van der Waals surface area contributed by atoms with Crippen molar-refractivity contribution in [3.05, 3.63) is 53.3 Å². The van der Waals surface area contributed by atoms with Gasteiger partial charge < -0.3 is 10.6 Å². The number of carbonyl (C=O) groups excluding carboxylic acids is 2. The fraction of sp³-hybridized carbons (Fsp3) is 0.133. The van der Waals surface area contributed by atoms with Crippen LogP contribution in [0.1, 0.15) is 21.5 Å². The van der Waals surface area contributed by atoms with Gasteiger partial charge in [0.1, 0.15) is 0 Å². The van der Waals surface area contributed by atoms with E-state index in [1.54, 1.807) is 30.6 Å². The summed E-state index contributed by atoms with van der Waals surface area (Å²) in [6.07, 6.45) is 3.69. The minimum absolute atomic E-state index is 0.0413.